The number of carbonyl (C=O) groups is 1. The van der Waals surface area contributed by atoms with Crippen LogP contribution in [-0.2, 0) is 4.79 Å². The van der Waals surface area contributed by atoms with Crippen LogP contribution in [-0.4, -0.2) is 10.9 Å². The molecule has 1 aromatic carbocycles. The van der Waals surface area contributed by atoms with E-state index in [-0.39, 0.29) is 10.7 Å². The van der Waals surface area contributed by atoms with E-state index in [0.717, 1.165) is 5.56 Å². The number of nitriles is 1. The Bertz CT molecular complexity index is 667. The van der Waals surface area contributed by atoms with Gasteiger partial charge < -0.3 is 11.1 Å². The summed E-state index contributed by atoms with van der Waals surface area (Å²) in [6, 6.07) is 13.3. The molecule has 1 heterocycles. The van der Waals surface area contributed by atoms with Crippen LogP contribution in [0.4, 0.5) is 5.82 Å². The van der Waals surface area contributed by atoms with E-state index in [2.05, 4.69) is 10.3 Å². The molecule has 2 rings (SSSR count). The number of benzene rings is 1. The van der Waals surface area contributed by atoms with E-state index in [0.29, 0.717) is 5.82 Å². The number of carbonyl (C=O) groups excluding carboxylic acids is 1. The molecule has 3 N–H and O–H groups in total. The van der Waals surface area contributed by atoms with Crippen molar-refractivity contribution in [2.75, 3.05) is 5.32 Å². The van der Waals surface area contributed by atoms with Gasteiger partial charge in [0.15, 0.2) is 5.69 Å². The number of primary amides is 1. The van der Waals surface area contributed by atoms with Gasteiger partial charge in [0, 0.05) is 0 Å². The minimum absolute atomic E-state index is 0.0907. The number of aromatic nitrogens is 1. The van der Waals surface area contributed by atoms with Crippen LogP contribution < -0.4 is 11.1 Å². The first-order valence-electron chi connectivity index (χ1n) is 5.79. The molecule has 0 aliphatic carbocycles. The van der Waals surface area contributed by atoms with Crippen molar-refractivity contribution < 1.29 is 4.79 Å². The molecule has 0 bridgehead atoms. The van der Waals surface area contributed by atoms with Gasteiger partial charge in [-0.2, -0.15) is 5.26 Å². The monoisotopic (exact) mass is 286 g/mol. The number of amides is 1. The van der Waals surface area contributed by atoms with Crippen LogP contribution >= 0.6 is 11.6 Å². The number of nitrogens with two attached hydrogens (primary N) is 1. The largest absolute Gasteiger partial charge is 0.368 e. The SMILES string of the molecule is N#Cc1nc(NC(C(N)=O)c2ccccc2)ccc1Cl. The van der Waals surface area contributed by atoms with Gasteiger partial charge in [-0.1, -0.05) is 41.9 Å². The quantitative estimate of drug-likeness (QED) is 0.901. The van der Waals surface area contributed by atoms with Crippen molar-refractivity contribution in [2.24, 2.45) is 5.73 Å². The first-order valence-corrected chi connectivity index (χ1v) is 6.17. The van der Waals surface area contributed by atoms with Crippen molar-refractivity contribution in [3.05, 3.63) is 58.7 Å². The Kier molecular flexibility index (Phi) is 4.18. The summed E-state index contributed by atoms with van der Waals surface area (Å²) in [5.74, 6) is -0.176. The number of halogens is 1. The van der Waals surface area contributed by atoms with Gasteiger partial charge in [-0.25, -0.2) is 4.98 Å². The van der Waals surface area contributed by atoms with Gasteiger partial charge in [0.25, 0.3) is 0 Å². The van der Waals surface area contributed by atoms with Gasteiger partial charge in [0.05, 0.1) is 5.02 Å². The fraction of sp³-hybridized carbons (Fsp3) is 0.0714. The lowest BCUT2D eigenvalue weighted by molar-refractivity contribution is -0.118. The minimum atomic E-state index is -0.726. The Morgan fingerprint density at radius 2 is 2.00 bits per heavy atom. The number of hydrogen-bond acceptors (Lipinski definition) is 4. The fourth-order valence-corrected chi connectivity index (χ4v) is 1.86. The van der Waals surface area contributed by atoms with Crippen LogP contribution in [0.5, 0.6) is 0 Å². The highest BCUT2D eigenvalue weighted by Gasteiger charge is 2.18. The molecule has 1 amide bonds. The second kappa shape index (κ2) is 6.04. The van der Waals surface area contributed by atoms with Crippen molar-refractivity contribution in [3.63, 3.8) is 0 Å². The van der Waals surface area contributed by atoms with Crippen LogP contribution in [0.3, 0.4) is 0 Å². The molecule has 1 atom stereocenters. The summed E-state index contributed by atoms with van der Waals surface area (Å²) in [7, 11) is 0. The van der Waals surface area contributed by atoms with E-state index < -0.39 is 11.9 Å². The van der Waals surface area contributed by atoms with E-state index >= 15 is 0 Å². The van der Waals surface area contributed by atoms with Crippen molar-refractivity contribution in [2.45, 2.75) is 6.04 Å². The molecule has 0 aliphatic heterocycles. The van der Waals surface area contributed by atoms with E-state index in [4.69, 9.17) is 22.6 Å². The van der Waals surface area contributed by atoms with Crippen LogP contribution in [0.2, 0.25) is 5.02 Å². The average molecular weight is 287 g/mol. The molecule has 0 spiro atoms. The van der Waals surface area contributed by atoms with Gasteiger partial charge in [-0.3, -0.25) is 4.79 Å². The maximum atomic E-state index is 11.6. The first kappa shape index (κ1) is 13.8. The third-order valence-corrected chi connectivity index (χ3v) is 2.97. The topological polar surface area (TPSA) is 91.8 Å². The normalized spacial score (nSPS) is 11.4. The highest BCUT2D eigenvalue weighted by Crippen LogP contribution is 2.21. The van der Waals surface area contributed by atoms with Gasteiger partial charge in [-0.15, -0.1) is 0 Å². The van der Waals surface area contributed by atoms with Crippen LogP contribution in [0, 0.1) is 11.3 Å². The zero-order valence-electron chi connectivity index (χ0n) is 10.4. The highest BCUT2D eigenvalue weighted by atomic mass is 35.5. The molecule has 0 aliphatic rings. The Balaban J connectivity index is 2.30. The maximum Gasteiger partial charge on any atom is 0.244 e. The Labute approximate surface area is 121 Å². The Morgan fingerprint density at radius 3 is 2.60 bits per heavy atom. The molecule has 1 unspecified atom stereocenters. The summed E-state index contributed by atoms with van der Waals surface area (Å²) in [5, 5.41) is 12.0. The number of anilines is 1. The Hall–Kier alpha value is -2.58. The van der Waals surface area contributed by atoms with E-state index in [9.17, 15) is 4.79 Å². The standard InChI is InChI=1S/C14H11ClN4O/c15-10-6-7-12(18-11(10)8-16)19-13(14(17)20)9-4-2-1-3-5-9/h1-7,13H,(H2,17,20)(H,18,19). The van der Waals surface area contributed by atoms with Gasteiger partial charge in [0.1, 0.15) is 17.9 Å². The second-order valence-corrected chi connectivity index (χ2v) is 4.44. The molecule has 0 fully saturated rings. The molecule has 0 radical (unpaired) electrons. The summed E-state index contributed by atoms with van der Waals surface area (Å²) < 4.78 is 0. The molecule has 100 valence electrons. The molecule has 0 saturated heterocycles. The first-order chi connectivity index (χ1) is 9.61. The van der Waals surface area contributed by atoms with Crippen molar-refractivity contribution in [1.82, 2.24) is 4.98 Å². The smallest absolute Gasteiger partial charge is 0.244 e. The van der Waals surface area contributed by atoms with Crippen molar-refractivity contribution in [3.8, 4) is 6.07 Å². The van der Waals surface area contributed by atoms with Crippen LogP contribution in [0.25, 0.3) is 0 Å². The van der Waals surface area contributed by atoms with Crippen molar-refractivity contribution >= 4 is 23.3 Å². The molecular formula is C14H11ClN4O. The third-order valence-electron chi connectivity index (χ3n) is 2.66. The molecule has 1 aromatic heterocycles. The third kappa shape index (κ3) is 3.05. The molecule has 5 nitrogen and oxygen atoms in total. The Morgan fingerprint density at radius 1 is 1.30 bits per heavy atom. The predicted octanol–water partition coefficient (Wildman–Crippen LogP) is 2.25. The second-order valence-electron chi connectivity index (χ2n) is 4.03. The predicted molar refractivity (Wildman–Crippen MR) is 76.0 cm³/mol. The average Bonchev–Trinajstić information content (AvgIpc) is 2.47. The zero-order chi connectivity index (χ0) is 14.5. The highest BCUT2D eigenvalue weighted by molar-refractivity contribution is 6.31. The lowest BCUT2D eigenvalue weighted by atomic mass is 10.1. The summed E-state index contributed by atoms with van der Waals surface area (Å²) in [6.07, 6.45) is 0. The number of pyridine rings is 1. The minimum Gasteiger partial charge on any atom is -0.368 e. The molecular weight excluding hydrogens is 276 g/mol. The van der Waals surface area contributed by atoms with E-state index in [1.54, 1.807) is 24.3 Å². The van der Waals surface area contributed by atoms with E-state index in [1.165, 1.54) is 0 Å². The van der Waals surface area contributed by atoms with Gasteiger partial charge in [-0.05, 0) is 17.7 Å². The molecule has 2 aromatic rings. The fourth-order valence-electron chi connectivity index (χ4n) is 1.71. The van der Waals surface area contributed by atoms with E-state index in [1.807, 2.05) is 24.3 Å². The van der Waals surface area contributed by atoms with Gasteiger partial charge in [0.2, 0.25) is 5.91 Å². The van der Waals surface area contributed by atoms with Crippen molar-refractivity contribution in [1.29, 1.82) is 5.26 Å². The summed E-state index contributed by atoms with van der Waals surface area (Å²) >= 11 is 5.81. The number of nitrogens with zero attached hydrogens (tertiary/aromatic N) is 2. The van der Waals surface area contributed by atoms with Gasteiger partial charge >= 0.3 is 0 Å². The summed E-state index contributed by atoms with van der Waals surface area (Å²) in [6.45, 7) is 0. The number of rotatable bonds is 4. The van der Waals surface area contributed by atoms with Crippen LogP contribution in [0.1, 0.15) is 17.3 Å². The summed E-state index contributed by atoms with van der Waals surface area (Å²) in [4.78, 5) is 15.6. The molecule has 20 heavy (non-hydrogen) atoms. The summed E-state index contributed by atoms with van der Waals surface area (Å²) in [5.41, 5.74) is 6.21. The zero-order valence-corrected chi connectivity index (χ0v) is 11.1. The van der Waals surface area contributed by atoms with Crippen LogP contribution in [0.15, 0.2) is 42.5 Å². The number of nitrogens with one attached hydrogen (secondary N) is 1. The molecule has 6 heteroatoms. The number of hydrogen-bond donors (Lipinski definition) is 2. The maximum absolute atomic E-state index is 11.6. The lowest BCUT2D eigenvalue weighted by Crippen LogP contribution is -2.28. The lowest BCUT2D eigenvalue weighted by Gasteiger charge is -2.16. The molecule has 0 saturated carbocycles.